The largest absolute Gasteiger partial charge is 0.438 e. The molecule has 1 aromatic heterocycles. The summed E-state index contributed by atoms with van der Waals surface area (Å²) in [7, 11) is -2.56. The fourth-order valence-electron chi connectivity index (χ4n) is 2.95. The molecule has 1 fully saturated rings. The first-order valence-corrected chi connectivity index (χ1v) is 11.4. The van der Waals surface area contributed by atoms with E-state index in [0.717, 1.165) is 12.1 Å². The number of nitrogens with zero attached hydrogens (tertiary/aromatic N) is 4. The van der Waals surface area contributed by atoms with Crippen LogP contribution in [0, 0.1) is 16.0 Å². The van der Waals surface area contributed by atoms with Gasteiger partial charge in [0.15, 0.2) is 5.69 Å². The van der Waals surface area contributed by atoms with E-state index in [9.17, 15) is 23.3 Å². The Balaban J connectivity index is 1.92. The minimum atomic E-state index is -4.10. The van der Waals surface area contributed by atoms with Crippen molar-refractivity contribution in [3.8, 4) is 11.6 Å². The molecule has 0 radical (unpaired) electrons. The number of ether oxygens (including phenoxy) is 2. The third-order valence-corrected chi connectivity index (χ3v) is 6.12. The van der Waals surface area contributed by atoms with Gasteiger partial charge >= 0.3 is 0 Å². The number of carbonyl (C=O) groups is 1. The van der Waals surface area contributed by atoms with E-state index in [0.29, 0.717) is 26.3 Å². The molecule has 12 nitrogen and oxygen atoms in total. The Labute approximate surface area is 185 Å². The van der Waals surface area contributed by atoms with Crippen LogP contribution in [-0.2, 0) is 21.8 Å². The van der Waals surface area contributed by atoms with Crippen molar-refractivity contribution >= 4 is 21.6 Å². The Hall–Kier alpha value is -3.03. The van der Waals surface area contributed by atoms with Gasteiger partial charge in [0.05, 0.1) is 18.1 Å². The Morgan fingerprint density at radius 1 is 1.31 bits per heavy atom. The van der Waals surface area contributed by atoms with Crippen molar-refractivity contribution in [3.63, 3.8) is 0 Å². The molecule has 1 amide bonds. The van der Waals surface area contributed by atoms with Gasteiger partial charge in [-0.3, -0.25) is 14.9 Å². The number of carbonyl (C=O) groups excluding carboxylic acids is 1. The predicted octanol–water partition coefficient (Wildman–Crippen LogP) is 1.53. The first kappa shape index (κ1) is 23.6. The zero-order valence-corrected chi connectivity index (χ0v) is 18.8. The topological polar surface area (TPSA) is 146 Å². The van der Waals surface area contributed by atoms with Crippen LogP contribution in [0.2, 0.25) is 0 Å². The lowest BCUT2D eigenvalue weighted by atomic mass is 10.2. The molecule has 1 saturated heterocycles. The first-order valence-electron chi connectivity index (χ1n) is 9.95. The van der Waals surface area contributed by atoms with Gasteiger partial charge in [-0.25, -0.2) is 17.8 Å². The monoisotopic (exact) mass is 467 g/mol. The maximum absolute atomic E-state index is 12.8. The van der Waals surface area contributed by atoms with E-state index in [-0.39, 0.29) is 40.6 Å². The molecule has 3 rings (SSSR count). The minimum Gasteiger partial charge on any atom is -0.438 e. The highest BCUT2D eigenvalue weighted by Gasteiger charge is 2.26. The highest BCUT2D eigenvalue weighted by atomic mass is 32.2. The molecular weight excluding hydrogens is 442 g/mol. The fraction of sp³-hybridized carbons (Fsp3) is 0.474. The number of amides is 1. The summed E-state index contributed by atoms with van der Waals surface area (Å²) in [6.07, 6.45) is 0. The van der Waals surface area contributed by atoms with E-state index in [1.807, 2.05) is 13.8 Å². The summed E-state index contributed by atoms with van der Waals surface area (Å²) in [5, 5.41) is 15.3. The zero-order chi connectivity index (χ0) is 23.5. The number of aromatic nitrogens is 2. The number of sulfonamides is 1. The van der Waals surface area contributed by atoms with Gasteiger partial charge in [-0.05, 0) is 12.0 Å². The van der Waals surface area contributed by atoms with Crippen LogP contribution >= 0.6 is 0 Å². The third-order valence-electron chi connectivity index (χ3n) is 4.68. The second kappa shape index (κ2) is 9.63. The Kier molecular flexibility index (Phi) is 7.11. The van der Waals surface area contributed by atoms with Gasteiger partial charge in [0.1, 0.15) is 10.6 Å². The van der Waals surface area contributed by atoms with Crippen LogP contribution in [0.25, 0.3) is 0 Å². The Morgan fingerprint density at radius 2 is 2.00 bits per heavy atom. The van der Waals surface area contributed by atoms with Gasteiger partial charge in [-0.1, -0.05) is 13.8 Å². The molecule has 2 aromatic rings. The van der Waals surface area contributed by atoms with Gasteiger partial charge in [0.2, 0.25) is 15.9 Å². The number of hydrogen-bond acceptors (Lipinski definition) is 8. The Morgan fingerprint density at radius 3 is 2.62 bits per heavy atom. The molecule has 32 heavy (non-hydrogen) atoms. The molecule has 1 aliphatic heterocycles. The lowest BCUT2D eigenvalue weighted by Crippen LogP contribution is -2.40. The van der Waals surface area contributed by atoms with Crippen LogP contribution in [0.1, 0.15) is 24.3 Å². The standard InChI is InChI=1S/C19H25N5O7S/c1-13(2)12-20-32(28,29)17-10-14(24(26)27)4-5-16(17)31-18-11-15(21-22(18)3)19(25)23-6-8-30-9-7-23/h4-5,10-11,13,20H,6-9,12H2,1-3H3. The van der Waals surface area contributed by atoms with Crippen molar-refractivity contribution in [2.75, 3.05) is 32.8 Å². The van der Waals surface area contributed by atoms with E-state index < -0.39 is 20.6 Å². The number of non-ortho nitro benzene ring substituents is 1. The molecule has 0 atom stereocenters. The highest BCUT2D eigenvalue weighted by molar-refractivity contribution is 7.89. The van der Waals surface area contributed by atoms with Gasteiger partial charge in [0, 0.05) is 44.9 Å². The van der Waals surface area contributed by atoms with Crippen LogP contribution < -0.4 is 9.46 Å². The summed E-state index contributed by atoms with van der Waals surface area (Å²) >= 11 is 0. The SMILES string of the molecule is CC(C)CNS(=O)(=O)c1cc([N+](=O)[O-])ccc1Oc1cc(C(=O)N2CCOCC2)nn1C. The molecule has 1 aliphatic rings. The van der Waals surface area contributed by atoms with Gasteiger partial charge < -0.3 is 14.4 Å². The highest BCUT2D eigenvalue weighted by Crippen LogP contribution is 2.32. The minimum absolute atomic E-state index is 0.0265. The molecule has 0 spiro atoms. The number of benzene rings is 1. The van der Waals surface area contributed by atoms with Crippen LogP contribution in [0.4, 0.5) is 5.69 Å². The van der Waals surface area contributed by atoms with Crippen molar-refractivity contribution in [1.29, 1.82) is 0 Å². The average molecular weight is 468 g/mol. The molecule has 2 heterocycles. The maximum atomic E-state index is 12.8. The van der Waals surface area contributed by atoms with Gasteiger partial charge in [-0.2, -0.15) is 5.10 Å². The van der Waals surface area contributed by atoms with E-state index in [1.165, 1.54) is 16.8 Å². The predicted molar refractivity (Wildman–Crippen MR) is 113 cm³/mol. The number of aryl methyl sites for hydroxylation is 1. The summed E-state index contributed by atoms with van der Waals surface area (Å²) in [5.74, 6) is -0.288. The number of nitrogens with one attached hydrogen (secondary N) is 1. The molecule has 0 bridgehead atoms. The van der Waals surface area contributed by atoms with E-state index in [1.54, 1.807) is 11.9 Å². The average Bonchev–Trinajstić information content (AvgIpc) is 3.12. The van der Waals surface area contributed by atoms with E-state index in [4.69, 9.17) is 9.47 Å². The summed E-state index contributed by atoms with van der Waals surface area (Å²) in [4.78, 5) is 24.4. The fourth-order valence-corrected chi connectivity index (χ4v) is 4.31. The zero-order valence-electron chi connectivity index (χ0n) is 18.0. The van der Waals surface area contributed by atoms with Crippen LogP contribution in [-0.4, -0.2) is 66.8 Å². The molecule has 0 saturated carbocycles. The van der Waals surface area contributed by atoms with Crippen molar-refractivity contribution in [1.82, 2.24) is 19.4 Å². The van der Waals surface area contributed by atoms with Crippen molar-refractivity contribution in [2.45, 2.75) is 18.7 Å². The third kappa shape index (κ3) is 5.41. The van der Waals surface area contributed by atoms with E-state index >= 15 is 0 Å². The summed E-state index contributed by atoms with van der Waals surface area (Å²) in [5.41, 5.74) is -0.260. The number of rotatable bonds is 8. The van der Waals surface area contributed by atoms with Crippen molar-refractivity contribution in [3.05, 3.63) is 40.1 Å². The second-order valence-electron chi connectivity index (χ2n) is 7.63. The summed E-state index contributed by atoms with van der Waals surface area (Å²) < 4.78 is 40.4. The smallest absolute Gasteiger partial charge is 0.274 e. The molecule has 0 aliphatic carbocycles. The van der Waals surface area contributed by atoms with Crippen LogP contribution in [0.3, 0.4) is 0 Å². The molecule has 13 heteroatoms. The van der Waals surface area contributed by atoms with Crippen LogP contribution in [0.5, 0.6) is 11.6 Å². The number of nitro groups is 1. The molecule has 1 aromatic carbocycles. The lowest BCUT2D eigenvalue weighted by molar-refractivity contribution is -0.385. The first-order chi connectivity index (χ1) is 15.1. The number of hydrogen-bond donors (Lipinski definition) is 1. The number of nitro benzene ring substituents is 1. The van der Waals surface area contributed by atoms with Crippen molar-refractivity contribution in [2.24, 2.45) is 13.0 Å². The number of morpholine rings is 1. The quantitative estimate of drug-likeness (QED) is 0.454. The normalized spacial score (nSPS) is 14.6. The second-order valence-corrected chi connectivity index (χ2v) is 9.37. The van der Waals surface area contributed by atoms with Gasteiger partial charge in [-0.15, -0.1) is 0 Å². The van der Waals surface area contributed by atoms with E-state index in [2.05, 4.69) is 9.82 Å². The van der Waals surface area contributed by atoms with Crippen molar-refractivity contribution < 1.29 is 27.6 Å². The molecule has 1 N–H and O–H groups in total. The van der Waals surface area contributed by atoms with Gasteiger partial charge in [0.25, 0.3) is 11.6 Å². The maximum Gasteiger partial charge on any atom is 0.274 e. The summed E-state index contributed by atoms with van der Waals surface area (Å²) in [6, 6.07) is 4.69. The molecule has 0 unspecified atom stereocenters. The Bertz CT molecular complexity index is 1110. The summed E-state index contributed by atoms with van der Waals surface area (Å²) in [6.45, 7) is 5.57. The lowest BCUT2D eigenvalue weighted by Gasteiger charge is -2.25. The molecule has 174 valence electrons. The molecular formula is C19H25N5O7S. The van der Waals surface area contributed by atoms with Crippen LogP contribution in [0.15, 0.2) is 29.2 Å².